The second-order valence-corrected chi connectivity index (χ2v) is 4.92. The Bertz CT molecular complexity index is 644. The van der Waals surface area contributed by atoms with Gasteiger partial charge in [0.1, 0.15) is 0 Å². The van der Waals surface area contributed by atoms with E-state index in [0.29, 0.717) is 11.4 Å². The van der Waals surface area contributed by atoms with E-state index < -0.39 is 23.5 Å². The quantitative estimate of drug-likeness (QED) is 0.545. The molecule has 0 saturated carbocycles. The van der Waals surface area contributed by atoms with Crippen molar-refractivity contribution in [1.29, 1.82) is 0 Å². The van der Waals surface area contributed by atoms with Crippen LogP contribution in [-0.4, -0.2) is 54.5 Å². The summed E-state index contributed by atoms with van der Waals surface area (Å²) in [7, 11) is 4.40. The van der Waals surface area contributed by atoms with Crippen molar-refractivity contribution in [2.75, 3.05) is 31.4 Å². The second kappa shape index (κ2) is 3.72. The first-order chi connectivity index (χ1) is 9.41. The van der Waals surface area contributed by atoms with E-state index >= 15 is 0 Å². The molecule has 2 aliphatic heterocycles. The van der Waals surface area contributed by atoms with E-state index in [2.05, 4.69) is 5.32 Å². The Kier molecular flexibility index (Phi) is 2.32. The van der Waals surface area contributed by atoms with E-state index in [9.17, 15) is 14.4 Å². The maximum absolute atomic E-state index is 12.6. The van der Waals surface area contributed by atoms with Crippen LogP contribution in [0.25, 0.3) is 0 Å². The van der Waals surface area contributed by atoms with Gasteiger partial charge in [-0.3, -0.25) is 19.4 Å². The monoisotopic (exact) mass is 274 g/mol. The van der Waals surface area contributed by atoms with Crippen LogP contribution in [0.4, 0.5) is 16.2 Å². The van der Waals surface area contributed by atoms with Crippen molar-refractivity contribution in [1.82, 2.24) is 9.80 Å². The minimum atomic E-state index is -1.69. The van der Waals surface area contributed by atoms with Gasteiger partial charge in [-0.25, -0.2) is 4.79 Å². The molecule has 0 aromatic heterocycles. The van der Waals surface area contributed by atoms with Gasteiger partial charge in [0.05, 0.1) is 11.4 Å². The number of rotatable bonds is 0. The summed E-state index contributed by atoms with van der Waals surface area (Å²) in [6.45, 7) is 0. The molecule has 20 heavy (non-hydrogen) atoms. The normalized spacial score (nSPS) is 25.4. The number of carbonyl (C=O) groups excluding carboxylic acids is 3. The van der Waals surface area contributed by atoms with E-state index in [1.807, 2.05) is 0 Å². The largest absolute Gasteiger partial charge is 0.345 e. The van der Waals surface area contributed by atoms with Crippen LogP contribution in [-0.2, 0) is 9.59 Å². The van der Waals surface area contributed by atoms with Crippen LogP contribution in [0, 0.1) is 0 Å². The summed E-state index contributed by atoms with van der Waals surface area (Å²) in [6.07, 6.45) is 0. The number of nitrogens with one attached hydrogen (secondary N) is 1. The highest BCUT2D eigenvalue weighted by molar-refractivity contribution is 6.26. The number of carbonyl (C=O) groups is 3. The topological polar surface area (TPSA) is 73.0 Å². The van der Waals surface area contributed by atoms with Crippen LogP contribution in [0.15, 0.2) is 24.3 Å². The average molecular weight is 274 g/mol. The number of nitrogens with zero attached hydrogens (tertiary/aromatic N) is 3. The molecule has 1 spiro atoms. The third kappa shape index (κ3) is 1.21. The molecule has 1 saturated heterocycles. The molecule has 0 unspecified atom stereocenters. The fourth-order valence-corrected chi connectivity index (χ4v) is 2.69. The molecule has 1 fully saturated rings. The summed E-state index contributed by atoms with van der Waals surface area (Å²) in [5.74, 6) is -1.04. The van der Waals surface area contributed by atoms with Crippen LogP contribution >= 0.6 is 0 Å². The number of amides is 4. The molecule has 0 radical (unpaired) electrons. The standard InChI is InChI=1S/C13H14N4O3/c1-15-9-7-5-4-6-8(9)14-13(10(15)18)11(19)16(2)12(20)17(13)3/h4-7,14H,1-3H3/t13-/m0/s1. The summed E-state index contributed by atoms with van der Waals surface area (Å²) >= 11 is 0. The van der Waals surface area contributed by atoms with Crippen molar-refractivity contribution < 1.29 is 14.4 Å². The summed E-state index contributed by atoms with van der Waals surface area (Å²) in [4.78, 5) is 40.5. The zero-order valence-electron chi connectivity index (χ0n) is 11.4. The Morgan fingerprint density at radius 1 is 0.950 bits per heavy atom. The van der Waals surface area contributed by atoms with Crippen LogP contribution in [0.2, 0.25) is 0 Å². The van der Waals surface area contributed by atoms with Crippen molar-refractivity contribution in [2.45, 2.75) is 5.66 Å². The lowest BCUT2D eigenvalue weighted by Gasteiger charge is -2.41. The van der Waals surface area contributed by atoms with Gasteiger partial charge in [0.15, 0.2) is 0 Å². The van der Waals surface area contributed by atoms with Gasteiger partial charge in [-0.15, -0.1) is 0 Å². The van der Waals surface area contributed by atoms with Crippen LogP contribution in [0.3, 0.4) is 0 Å². The number of imide groups is 1. The molecule has 104 valence electrons. The molecule has 2 heterocycles. The van der Waals surface area contributed by atoms with Crippen molar-refractivity contribution in [2.24, 2.45) is 0 Å². The third-order valence-corrected chi connectivity index (χ3v) is 3.89. The minimum Gasteiger partial charge on any atom is -0.345 e. The first-order valence-electron chi connectivity index (χ1n) is 6.12. The van der Waals surface area contributed by atoms with E-state index in [1.54, 1.807) is 31.3 Å². The summed E-state index contributed by atoms with van der Waals surface area (Å²) in [5.41, 5.74) is -0.376. The highest BCUT2D eigenvalue weighted by Crippen LogP contribution is 2.38. The van der Waals surface area contributed by atoms with Gasteiger partial charge in [-0.2, -0.15) is 0 Å². The third-order valence-electron chi connectivity index (χ3n) is 3.89. The molecular formula is C13H14N4O3. The van der Waals surface area contributed by atoms with E-state index in [4.69, 9.17) is 0 Å². The molecule has 3 rings (SSSR count). The number of fused-ring (bicyclic) bond motifs is 1. The summed E-state index contributed by atoms with van der Waals surface area (Å²) < 4.78 is 0. The average Bonchev–Trinajstić information content (AvgIpc) is 2.61. The zero-order chi connectivity index (χ0) is 14.7. The number of hydrogen-bond donors (Lipinski definition) is 1. The van der Waals surface area contributed by atoms with Gasteiger partial charge in [0.25, 0.3) is 17.5 Å². The lowest BCUT2D eigenvalue weighted by molar-refractivity contribution is -0.139. The zero-order valence-corrected chi connectivity index (χ0v) is 11.4. The molecule has 0 bridgehead atoms. The Morgan fingerprint density at radius 3 is 2.15 bits per heavy atom. The highest BCUT2D eigenvalue weighted by Gasteiger charge is 2.63. The van der Waals surface area contributed by atoms with E-state index in [0.717, 1.165) is 9.80 Å². The van der Waals surface area contributed by atoms with E-state index in [-0.39, 0.29) is 0 Å². The second-order valence-electron chi connectivity index (χ2n) is 4.92. The number of hydrogen-bond acceptors (Lipinski definition) is 4. The maximum Gasteiger partial charge on any atom is 0.328 e. The predicted octanol–water partition coefficient (Wildman–Crippen LogP) is 0.295. The smallest absolute Gasteiger partial charge is 0.328 e. The van der Waals surface area contributed by atoms with Crippen LogP contribution in [0.5, 0.6) is 0 Å². The Labute approximate surface area is 115 Å². The molecule has 7 heteroatoms. The highest BCUT2D eigenvalue weighted by atomic mass is 16.2. The van der Waals surface area contributed by atoms with Crippen molar-refractivity contribution in [3.8, 4) is 0 Å². The number of urea groups is 1. The molecule has 4 amide bonds. The van der Waals surface area contributed by atoms with Crippen molar-refractivity contribution in [3.05, 3.63) is 24.3 Å². The van der Waals surface area contributed by atoms with E-state index in [1.165, 1.54) is 19.0 Å². The minimum absolute atomic E-state index is 0.471. The van der Waals surface area contributed by atoms with Gasteiger partial charge in [0, 0.05) is 21.1 Å². The number of benzene rings is 1. The fraction of sp³-hybridized carbons (Fsp3) is 0.308. The molecule has 1 N–H and O–H groups in total. The molecule has 0 aliphatic carbocycles. The van der Waals surface area contributed by atoms with Gasteiger partial charge in [-0.05, 0) is 12.1 Å². The molecule has 7 nitrogen and oxygen atoms in total. The first kappa shape index (κ1) is 12.5. The van der Waals surface area contributed by atoms with Gasteiger partial charge in [0.2, 0.25) is 0 Å². The lowest BCUT2D eigenvalue weighted by atomic mass is 10.0. The molecule has 1 aromatic rings. The Hall–Kier alpha value is -2.57. The molecule has 1 atom stereocenters. The fourth-order valence-electron chi connectivity index (χ4n) is 2.69. The Morgan fingerprint density at radius 2 is 1.55 bits per heavy atom. The summed E-state index contributed by atoms with van der Waals surface area (Å²) in [5, 5.41) is 2.94. The number of likely N-dealkylation sites (N-methyl/N-ethyl adjacent to an activating group) is 3. The SMILES string of the molecule is CN1C(=O)N(C)[C@]2(Nc3ccccc3N(C)C2=O)C1=O. The van der Waals surface area contributed by atoms with Gasteiger partial charge < -0.3 is 10.2 Å². The number of para-hydroxylation sites is 2. The predicted molar refractivity (Wildman–Crippen MR) is 72.1 cm³/mol. The molecule has 2 aliphatic rings. The number of anilines is 2. The summed E-state index contributed by atoms with van der Waals surface area (Å²) in [6, 6.07) is 6.64. The van der Waals surface area contributed by atoms with Crippen LogP contribution in [0.1, 0.15) is 0 Å². The van der Waals surface area contributed by atoms with Gasteiger partial charge in [-0.1, -0.05) is 12.1 Å². The first-order valence-corrected chi connectivity index (χ1v) is 6.12. The molecule has 1 aromatic carbocycles. The lowest BCUT2D eigenvalue weighted by Crippen LogP contribution is -2.66. The maximum atomic E-state index is 12.6. The van der Waals surface area contributed by atoms with Crippen LogP contribution < -0.4 is 10.2 Å². The molecular weight excluding hydrogens is 260 g/mol. The van der Waals surface area contributed by atoms with Gasteiger partial charge >= 0.3 is 6.03 Å². The Balaban J connectivity index is 2.20. The van der Waals surface area contributed by atoms with Crippen molar-refractivity contribution >= 4 is 29.2 Å². The van der Waals surface area contributed by atoms with Crippen molar-refractivity contribution in [3.63, 3.8) is 0 Å².